The molecule has 0 aliphatic heterocycles. The first-order valence-corrected chi connectivity index (χ1v) is 4.80. The molecule has 0 aliphatic rings. The number of benzene rings is 1. The van der Waals surface area contributed by atoms with Crippen molar-refractivity contribution in [2.45, 2.75) is 0 Å². The largest absolute Gasteiger partial charge is 0.336 e. The summed E-state index contributed by atoms with van der Waals surface area (Å²) in [5.41, 5.74) is 6.19. The first-order chi connectivity index (χ1) is 6.93. The minimum Gasteiger partial charge on any atom is -0.336 e. The summed E-state index contributed by atoms with van der Waals surface area (Å²) in [6, 6.07) is 7.37. The van der Waals surface area contributed by atoms with E-state index < -0.39 is 0 Å². The van der Waals surface area contributed by atoms with Crippen molar-refractivity contribution in [3.63, 3.8) is 0 Å². The van der Waals surface area contributed by atoms with E-state index in [1.165, 1.54) is 0 Å². The summed E-state index contributed by atoms with van der Waals surface area (Å²) in [5, 5.41) is 12.1. The molecule has 0 spiro atoms. The Hall–Kier alpha value is -1.10. The molecule has 0 radical (unpaired) electrons. The zero-order chi connectivity index (χ0) is 11.5. The maximum Gasteiger partial charge on any atom is 0.318 e. The maximum absolute atomic E-state index is 7.32. The molecule has 6 heteroatoms. The third-order valence-corrected chi connectivity index (χ3v) is 2.32. The molecule has 0 aromatic heterocycles. The summed E-state index contributed by atoms with van der Waals surface area (Å²) in [6.45, 7) is 0. The van der Waals surface area contributed by atoms with Crippen molar-refractivity contribution in [3.05, 3.63) is 34.9 Å². The lowest BCUT2D eigenvalue weighted by Crippen LogP contribution is -2.45. The van der Waals surface area contributed by atoms with Crippen LogP contribution in [0.2, 0.25) is 5.02 Å². The number of halogens is 2. The molecule has 0 atom stereocenters. The van der Waals surface area contributed by atoms with Gasteiger partial charge in [0.1, 0.15) is 14.1 Å². The van der Waals surface area contributed by atoms with E-state index >= 15 is 0 Å². The molecule has 0 amide bonds. The second kappa shape index (κ2) is 5.84. The van der Waals surface area contributed by atoms with Crippen LogP contribution in [0, 0.1) is 5.41 Å². The summed E-state index contributed by atoms with van der Waals surface area (Å²) in [4.78, 5) is 0. The van der Waals surface area contributed by atoms with Gasteiger partial charge in [0.05, 0.1) is 6.21 Å². The van der Waals surface area contributed by atoms with E-state index in [2.05, 4.69) is 5.10 Å². The predicted molar refractivity (Wildman–Crippen MR) is 70.3 cm³/mol. The minimum atomic E-state index is -0.0365. The molecule has 1 aromatic carbocycles. The van der Waals surface area contributed by atoms with Gasteiger partial charge in [-0.1, -0.05) is 34.9 Å². The summed E-state index contributed by atoms with van der Waals surface area (Å²) >= 11 is 5.95. The van der Waals surface area contributed by atoms with Crippen LogP contribution >= 0.6 is 24.0 Å². The maximum atomic E-state index is 7.32. The number of hydrogen-bond acceptors (Lipinski definition) is 2. The monoisotopic (exact) mass is 261 g/mol. The zero-order valence-corrected chi connectivity index (χ0v) is 10.7. The van der Waals surface area contributed by atoms with Crippen molar-refractivity contribution in [2.75, 3.05) is 14.1 Å². The summed E-state index contributed by atoms with van der Waals surface area (Å²) in [7, 11) is 3.44. The number of nitrogens with two attached hydrogens (primary N) is 1. The fraction of sp³-hybridized carbons (Fsp3) is 0.200. The Labute approximate surface area is 106 Å². The van der Waals surface area contributed by atoms with Gasteiger partial charge >= 0.3 is 5.96 Å². The molecule has 1 aromatic rings. The van der Waals surface area contributed by atoms with Gasteiger partial charge in [-0.2, -0.15) is 0 Å². The number of rotatable bonds is 2. The van der Waals surface area contributed by atoms with E-state index in [1.807, 2.05) is 18.2 Å². The van der Waals surface area contributed by atoms with Gasteiger partial charge in [0.25, 0.3) is 0 Å². The molecule has 16 heavy (non-hydrogen) atoms. The van der Waals surface area contributed by atoms with Crippen LogP contribution in [0.5, 0.6) is 0 Å². The average molecular weight is 262 g/mol. The lowest BCUT2D eigenvalue weighted by Gasteiger charge is -2.18. The van der Waals surface area contributed by atoms with Crippen molar-refractivity contribution in [1.29, 1.82) is 5.41 Å². The number of nitrogens with one attached hydrogen (secondary N) is 1. The molecule has 1 rings (SSSR count). The zero-order valence-electron chi connectivity index (χ0n) is 9.14. The number of quaternary nitrogens is 1. The molecule has 0 unspecified atom stereocenters. The Morgan fingerprint density at radius 1 is 1.44 bits per heavy atom. The molecule has 0 saturated carbocycles. The lowest BCUT2D eigenvalue weighted by atomic mass is 10.2. The summed E-state index contributed by atoms with van der Waals surface area (Å²) < 4.78 is -0.0365. The van der Waals surface area contributed by atoms with Crippen molar-refractivity contribution in [2.24, 2.45) is 10.8 Å². The molecule has 3 N–H and O–H groups in total. The molecule has 0 fully saturated rings. The van der Waals surface area contributed by atoms with Crippen LogP contribution in [0.25, 0.3) is 0 Å². The van der Waals surface area contributed by atoms with Crippen molar-refractivity contribution in [3.8, 4) is 0 Å². The molecule has 0 heterocycles. The van der Waals surface area contributed by atoms with Crippen LogP contribution in [0.3, 0.4) is 0 Å². The van der Waals surface area contributed by atoms with Gasteiger partial charge in [0.15, 0.2) is 0 Å². The van der Waals surface area contributed by atoms with Crippen LogP contribution < -0.4 is 5.73 Å². The Kier molecular flexibility index (Phi) is 5.44. The van der Waals surface area contributed by atoms with E-state index in [0.717, 1.165) is 5.56 Å². The molecule has 0 saturated heterocycles. The topological polar surface area (TPSA) is 62.2 Å². The van der Waals surface area contributed by atoms with Crippen LogP contribution in [0.1, 0.15) is 5.56 Å². The van der Waals surface area contributed by atoms with Crippen molar-refractivity contribution in [1.82, 2.24) is 0 Å². The smallest absolute Gasteiger partial charge is 0.318 e. The third kappa shape index (κ3) is 3.81. The van der Waals surface area contributed by atoms with Gasteiger partial charge in [-0.25, -0.2) is 5.41 Å². The fourth-order valence-electron chi connectivity index (χ4n) is 0.849. The molecule has 0 bridgehead atoms. The molecular formula is C10H15Cl2N4+. The fourth-order valence-corrected chi connectivity index (χ4v) is 1.03. The lowest BCUT2D eigenvalue weighted by molar-refractivity contribution is -0.807. The van der Waals surface area contributed by atoms with Gasteiger partial charge in [-0.05, 0) is 6.07 Å². The van der Waals surface area contributed by atoms with Crippen LogP contribution in [-0.2, 0) is 0 Å². The second-order valence-corrected chi connectivity index (χ2v) is 3.95. The summed E-state index contributed by atoms with van der Waals surface area (Å²) in [6.07, 6.45) is 1.61. The van der Waals surface area contributed by atoms with Gasteiger partial charge in [0, 0.05) is 10.6 Å². The SMILES string of the molecule is C[N+](C)(/N=C/c1ccccc1Cl)C(=N)N.Cl. The molecule has 4 nitrogen and oxygen atoms in total. The van der Waals surface area contributed by atoms with Gasteiger partial charge in [0.2, 0.25) is 0 Å². The standard InChI is InChI=1S/C10H14ClN4.ClH/c1-15(2,10(12)13)14-7-8-5-3-4-6-9(8)11;/h3-7H,1-2H3,(H3,12,13);1H/q+1;/b14-7+;. The molecule has 88 valence electrons. The summed E-state index contributed by atoms with van der Waals surface area (Å²) in [5.74, 6) is -0.0293. The second-order valence-electron chi connectivity index (χ2n) is 3.55. The van der Waals surface area contributed by atoms with E-state index in [4.69, 9.17) is 22.7 Å². The Bertz CT molecular complexity index is 402. The van der Waals surface area contributed by atoms with Crippen molar-refractivity contribution < 1.29 is 4.59 Å². The van der Waals surface area contributed by atoms with E-state index in [1.54, 1.807) is 26.4 Å². The Balaban J connectivity index is 0.00000225. The van der Waals surface area contributed by atoms with E-state index in [-0.39, 0.29) is 23.0 Å². The first-order valence-electron chi connectivity index (χ1n) is 4.42. The van der Waals surface area contributed by atoms with Gasteiger partial charge in [-0.15, -0.1) is 17.0 Å². The third-order valence-electron chi connectivity index (χ3n) is 1.98. The van der Waals surface area contributed by atoms with Crippen LogP contribution in [-0.4, -0.2) is 30.9 Å². The van der Waals surface area contributed by atoms with Crippen LogP contribution in [0.15, 0.2) is 29.4 Å². The molecule has 0 aliphatic carbocycles. The minimum absolute atomic E-state index is 0. The normalized spacial score (nSPS) is 11.2. The average Bonchev–Trinajstić information content (AvgIpc) is 2.16. The molecular weight excluding hydrogens is 247 g/mol. The Morgan fingerprint density at radius 3 is 2.50 bits per heavy atom. The first kappa shape index (κ1) is 14.9. The Morgan fingerprint density at radius 2 is 2.00 bits per heavy atom. The van der Waals surface area contributed by atoms with Gasteiger partial charge in [-0.3, -0.25) is 0 Å². The predicted octanol–water partition coefficient (Wildman–Crippen LogP) is 2.07. The highest BCUT2D eigenvalue weighted by Crippen LogP contribution is 2.12. The quantitative estimate of drug-likeness (QED) is 0.364. The van der Waals surface area contributed by atoms with E-state index in [9.17, 15) is 0 Å². The van der Waals surface area contributed by atoms with Gasteiger partial charge < -0.3 is 5.73 Å². The number of hydrogen-bond donors (Lipinski definition) is 2. The highest BCUT2D eigenvalue weighted by molar-refractivity contribution is 6.33. The highest BCUT2D eigenvalue weighted by atomic mass is 35.5. The highest BCUT2D eigenvalue weighted by Gasteiger charge is 2.17. The number of guanidine groups is 1. The van der Waals surface area contributed by atoms with E-state index in [0.29, 0.717) is 5.02 Å². The van der Waals surface area contributed by atoms with Crippen molar-refractivity contribution >= 4 is 36.2 Å². The number of nitrogens with zero attached hydrogens (tertiary/aromatic N) is 2. The van der Waals surface area contributed by atoms with Crippen LogP contribution in [0.4, 0.5) is 0 Å².